The Morgan fingerprint density at radius 1 is 1.46 bits per heavy atom. The van der Waals surface area contributed by atoms with Crippen LogP contribution in [-0.2, 0) is 6.54 Å². The first-order chi connectivity index (χ1) is 6.36. The van der Waals surface area contributed by atoms with Crippen molar-refractivity contribution < 1.29 is 4.73 Å². The second-order valence-corrected chi connectivity index (χ2v) is 3.34. The molecule has 0 amide bonds. The van der Waals surface area contributed by atoms with E-state index in [1.165, 1.54) is 19.0 Å². The number of rotatable bonds is 2. The van der Waals surface area contributed by atoms with Crippen molar-refractivity contribution in [3.8, 4) is 0 Å². The van der Waals surface area contributed by atoms with E-state index in [0.717, 1.165) is 17.8 Å². The highest BCUT2D eigenvalue weighted by Gasteiger charge is 2.16. The monoisotopic (exact) mass is 179 g/mol. The second-order valence-electron chi connectivity index (χ2n) is 3.34. The SMILES string of the molecule is [O-][n+]1cccnc1CN1CCCC1. The van der Waals surface area contributed by atoms with Crippen LogP contribution in [0.5, 0.6) is 0 Å². The van der Waals surface area contributed by atoms with Gasteiger partial charge in [0.15, 0.2) is 0 Å². The lowest BCUT2D eigenvalue weighted by Crippen LogP contribution is -2.36. The summed E-state index contributed by atoms with van der Waals surface area (Å²) in [6, 6.07) is 1.65. The van der Waals surface area contributed by atoms with Gasteiger partial charge in [0.2, 0.25) is 0 Å². The normalized spacial score (nSPS) is 17.8. The van der Waals surface area contributed by atoms with Crippen LogP contribution in [0, 0.1) is 5.21 Å². The van der Waals surface area contributed by atoms with Gasteiger partial charge in [0, 0.05) is 6.07 Å². The van der Waals surface area contributed by atoms with Gasteiger partial charge in [-0.3, -0.25) is 4.90 Å². The molecule has 4 heteroatoms. The third-order valence-corrected chi connectivity index (χ3v) is 2.35. The summed E-state index contributed by atoms with van der Waals surface area (Å²) in [5.41, 5.74) is 0. The number of nitrogens with zero attached hydrogens (tertiary/aromatic N) is 3. The Balaban J connectivity index is 2.04. The van der Waals surface area contributed by atoms with Crippen molar-refractivity contribution in [2.45, 2.75) is 19.4 Å². The Hall–Kier alpha value is -1.16. The molecule has 1 saturated heterocycles. The molecule has 1 aromatic rings. The molecule has 1 fully saturated rings. The number of hydrogen-bond acceptors (Lipinski definition) is 3. The maximum atomic E-state index is 11.2. The highest BCUT2D eigenvalue weighted by Crippen LogP contribution is 2.08. The summed E-state index contributed by atoms with van der Waals surface area (Å²) >= 11 is 0. The lowest BCUT2D eigenvalue weighted by Gasteiger charge is -2.12. The molecule has 4 nitrogen and oxygen atoms in total. The van der Waals surface area contributed by atoms with Crippen LogP contribution in [0.3, 0.4) is 0 Å². The van der Waals surface area contributed by atoms with Gasteiger partial charge in [-0.05, 0) is 25.9 Å². The smallest absolute Gasteiger partial charge is 0.315 e. The van der Waals surface area contributed by atoms with E-state index in [2.05, 4.69) is 9.88 Å². The topological polar surface area (TPSA) is 43.1 Å². The molecule has 0 aromatic carbocycles. The Bertz CT molecular complexity index is 284. The fourth-order valence-corrected chi connectivity index (χ4v) is 1.64. The molecule has 1 aromatic heterocycles. The van der Waals surface area contributed by atoms with E-state index in [9.17, 15) is 5.21 Å². The Labute approximate surface area is 77.4 Å². The lowest BCUT2D eigenvalue weighted by molar-refractivity contribution is -0.619. The van der Waals surface area contributed by atoms with Crippen LogP contribution in [0.1, 0.15) is 18.7 Å². The fourth-order valence-electron chi connectivity index (χ4n) is 1.64. The molecule has 13 heavy (non-hydrogen) atoms. The van der Waals surface area contributed by atoms with E-state index in [1.54, 1.807) is 12.3 Å². The quantitative estimate of drug-likeness (QED) is 0.485. The molecule has 0 N–H and O–H groups in total. The first-order valence-electron chi connectivity index (χ1n) is 4.62. The van der Waals surface area contributed by atoms with Crippen LogP contribution in [0.15, 0.2) is 18.5 Å². The molecule has 0 bridgehead atoms. The molecule has 0 saturated carbocycles. The maximum Gasteiger partial charge on any atom is 0.315 e. The van der Waals surface area contributed by atoms with Gasteiger partial charge in [0.25, 0.3) is 0 Å². The molecule has 0 unspecified atom stereocenters. The average molecular weight is 179 g/mol. The number of aromatic nitrogens is 2. The van der Waals surface area contributed by atoms with Crippen molar-refractivity contribution in [3.63, 3.8) is 0 Å². The van der Waals surface area contributed by atoms with Crippen LogP contribution < -0.4 is 4.73 Å². The van der Waals surface area contributed by atoms with Gasteiger partial charge in [0.05, 0.1) is 6.20 Å². The van der Waals surface area contributed by atoms with Crippen molar-refractivity contribution in [1.82, 2.24) is 9.88 Å². The maximum absolute atomic E-state index is 11.2. The second kappa shape index (κ2) is 3.70. The molecular weight excluding hydrogens is 166 g/mol. The van der Waals surface area contributed by atoms with E-state index < -0.39 is 0 Å². The summed E-state index contributed by atoms with van der Waals surface area (Å²) in [7, 11) is 0. The number of likely N-dealkylation sites (tertiary alicyclic amines) is 1. The van der Waals surface area contributed by atoms with Crippen LogP contribution in [0.25, 0.3) is 0 Å². The summed E-state index contributed by atoms with van der Waals surface area (Å²) < 4.78 is 0.846. The van der Waals surface area contributed by atoms with Crippen molar-refractivity contribution >= 4 is 0 Å². The Kier molecular flexibility index (Phi) is 2.40. The summed E-state index contributed by atoms with van der Waals surface area (Å²) in [6.45, 7) is 2.87. The molecule has 2 heterocycles. The van der Waals surface area contributed by atoms with Crippen LogP contribution >= 0.6 is 0 Å². The largest absolute Gasteiger partial charge is 0.711 e. The third kappa shape index (κ3) is 1.95. The molecule has 1 aliphatic heterocycles. The van der Waals surface area contributed by atoms with Gasteiger partial charge >= 0.3 is 5.82 Å². The summed E-state index contributed by atoms with van der Waals surface area (Å²) in [6.07, 6.45) is 5.65. The van der Waals surface area contributed by atoms with Crippen LogP contribution in [0.2, 0.25) is 0 Å². The van der Waals surface area contributed by atoms with E-state index in [1.807, 2.05) is 0 Å². The number of hydrogen-bond donors (Lipinski definition) is 0. The fraction of sp³-hybridized carbons (Fsp3) is 0.556. The van der Waals surface area contributed by atoms with E-state index in [-0.39, 0.29) is 0 Å². The van der Waals surface area contributed by atoms with E-state index in [0.29, 0.717) is 12.4 Å². The van der Waals surface area contributed by atoms with Crippen LogP contribution in [0.4, 0.5) is 0 Å². The summed E-state index contributed by atoms with van der Waals surface area (Å²) in [5.74, 6) is 0.601. The first kappa shape index (κ1) is 8.44. The van der Waals surface area contributed by atoms with Gasteiger partial charge in [0.1, 0.15) is 12.7 Å². The lowest BCUT2D eigenvalue weighted by atomic mass is 10.4. The predicted octanol–water partition coefficient (Wildman–Crippen LogP) is 0.311. The minimum atomic E-state index is 0.601. The summed E-state index contributed by atoms with van der Waals surface area (Å²) in [5, 5.41) is 11.2. The third-order valence-electron chi connectivity index (χ3n) is 2.35. The molecule has 0 spiro atoms. The van der Waals surface area contributed by atoms with E-state index in [4.69, 9.17) is 0 Å². The highest BCUT2D eigenvalue weighted by atomic mass is 16.5. The van der Waals surface area contributed by atoms with Gasteiger partial charge in [-0.25, -0.2) is 4.73 Å². The van der Waals surface area contributed by atoms with Gasteiger partial charge in [-0.15, -0.1) is 0 Å². The van der Waals surface area contributed by atoms with Crippen molar-refractivity contribution in [3.05, 3.63) is 29.5 Å². The molecule has 70 valence electrons. The zero-order valence-corrected chi connectivity index (χ0v) is 7.52. The zero-order chi connectivity index (χ0) is 9.10. The minimum Gasteiger partial charge on any atom is -0.711 e. The average Bonchev–Trinajstić information content (AvgIpc) is 2.61. The van der Waals surface area contributed by atoms with Crippen molar-refractivity contribution in [1.29, 1.82) is 0 Å². The molecule has 2 rings (SSSR count). The predicted molar refractivity (Wildman–Crippen MR) is 47.7 cm³/mol. The standard InChI is InChI=1S/C9H13N3O/c13-12-7-3-4-10-9(12)8-11-5-1-2-6-11/h3-4,7H,1-2,5-6,8H2. The summed E-state index contributed by atoms with van der Waals surface area (Å²) in [4.78, 5) is 6.31. The van der Waals surface area contributed by atoms with Gasteiger partial charge < -0.3 is 5.21 Å². The highest BCUT2D eigenvalue weighted by molar-refractivity contribution is 4.82. The van der Waals surface area contributed by atoms with Crippen molar-refractivity contribution in [2.75, 3.05) is 13.1 Å². The molecule has 0 radical (unpaired) electrons. The molecule has 0 aliphatic carbocycles. The van der Waals surface area contributed by atoms with Gasteiger partial charge in [-0.2, -0.15) is 0 Å². The van der Waals surface area contributed by atoms with E-state index >= 15 is 0 Å². The molecule has 0 atom stereocenters. The zero-order valence-electron chi connectivity index (χ0n) is 7.52. The Morgan fingerprint density at radius 3 is 2.92 bits per heavy atom. The van der Waals surface area contributed by atoms with Crippen LogP contribution in [-0.4, -0.2) is 23.0 Å². The van der Waals surface area contributed by atoms with Gasteiger partial charge in [-0.1, -0.05) is 4.98 Å². The molecule has 1 aliphatic rings. The Morgan fingerprint density at radius 2 is 2.23 bits per heavy atom. The molecular formula is C9H13N3O. The minimum absolute atomic E-state index is 0.601. The first-order valence-corrected chi connectivity index (χ1v) is 4.62. The van der Waals surface area contributed by atoms with Crippen molar-refractivity contribution in [2.24, 2.45) is 0 Å².